The summed E-state index contributed by atoms with van der Waals surface area (Å²) >= 11 is 6.12. The van der Waals surface area contributed by atoms with Crippen molar-refractivity contribution in [3.63, 3.8) is 0 Å². The number of rotatable bonds is 14. The van der Waals surface area contributed by atoms with Gasteiger partial charge in [-0.2, -0.15) is 0 Å². The third kappa shape index (κ3) is 22.6. The number of carboxylic acid groups (broad SMARTS) is 2. The summed E-state index contributed by atoms with van der Waals surface area (Å²) in [5.41, 5.74) is 0. The fraction of sp³-hybridized carbons (Fsp3) is 0.846. The normalized spacial score (nSPS) is 12.7. The van der Waals surface area contributed by atoms with Gasteiger partial charge in [0.25, 0.3) is 0 Å². The van der Waals surface area contributed by atoms with Crippen LogP contribution < -0.4 is 0 Å². The number of hydrogen-bond acceptors (Lipinski definition) is 7. The first kappa shape index (κ1) is 59.3. The molecular weight excluding hydrogens is 492 g/mol. The first-order valence-corrected chi connectivity index (χ1v) is 9.53. The number of aliphatic carboxylic acids is 2. The van der Waals surface area contributed by atoms with Gasteiger partial charge in [-0.3, -0.25) is 19.2 Å². The lowest BCUT2D eigenvalue weighted by molar-refractivity contribution is -0.167. The average molecular weight is 553 g/mol. The smallest absolute Gasteiger partial charge is 0.309 e. The van der Waals surface area contributed by atoms with Crippen LogP contribution in [0.2, 0.25) is 0 Å². The van der Waals surface area contributed by atoms with E-state index >= 15 is 0 Å². The highest BCUT2D eigenvalue weighted by molar-refractivity contribution is 6.20. The van der Waals surface area contributed by atoms with Crippen molar-refractivity contribution in [3.8, 4) is 0 Å². The van der Waals surface area contributed by atoms with Gasteiger partial charge in [-0.1, -0.05) is 73.3 Å². The molecule has 0 heterocycles. The molecule has 0 aliphatic rings. The predicted octanol–water partition coefficient (Wildman–Crippen LogP) is 6.77. The molecule has 226 valence electrons. The van der Waals surface area contributed by atoms with E-state index in [9.17, 15) is 29.4 Å². The van der Waals surface area contributed by atoms with Crippen molar-refractivity contribution in [3.05, 3.63) is 0 Å². The number of esters is 2. The minimum atomic E-state index is -1.59. The van der Waals surface area contributed by atoms with Gasteiger partial charge in [0.15, 0.2) is 0 Å². The molecule has 0 amide bonds. The van der Waals surface area contributed by atoms with Crippen molar-refractivity contribution in [2.75, 3.05) is 13.2 Å². The highest BCUT2D eigenvalue weighted by atomic mass is 35.5. The number of alkyl halides is 1. The molecule has 5 atom stereocenters. The summed E-state index contributed by atoms with van der Waals surface area (Å²) in [4.78, 5) is 47.1. The second-order valence-electron chi connectivity index (χ2n) is 6.55. The lowest BCUT2D eigenvalue weighted by Crippen LogP contribution is -2.41. The fourth-order valence-corrected chi connectivity index (χ4v) is 2.98. The van der Waals surface area contributed by atoms with Crippen molar-refractivity contribution in [1.82, 2.24) is 0 Å². The maximum Gasteiger partial charge on any atom is 0.309 e. The summed E-state index contributed by atoms with van der Waals surface area (Å²) in [6.07, 6.45) is -0.240. The molecule has 10 heteroatoms. The Morgan fingerprint density at radius 3 is 1.67 bits per heavy atom. The summed E-state index contributed by atoms with van der Waals surface area (Å²) in [5, 5.41) is 27.2. The van der Waals surface area contributed by atoms with E-state index in [0.717, 1.165) is 0 Å². The van der Waals surface area contributed by atoms with E-state index in [0.29, 0.717) is 6.42 Å². The highest BCUT2D eigenvalue weighted by Gasteiger charge is 2.43. The fourth-order valence-electron chi connectivity index (χ4n) is 2.78. The molecule has 0 spiro atoms. The van der Waals surface area contributed by atoms with Gasteiger partial charge >= 0.3 is 23.9 Å². The molecule has 0 aliphatic heterocycles. The predicted molar refractivity (Wildman–Crippen MR) is 153 cm³/mol. The Morgan fingerprint density at radius 2 is 1.33 bits per heavy atom. The van der Waals surface area contributed by atoms with E-state index in [2.05, 4.69) is 0 Å². The maximum absolute atomic E-state index is 12.5. The molecule has 0 rings (SSSR count). The number of halogens is 1. The molecule has 36 heavy (non-hydrogen) atoms. The molecule has 0 aromatic rings. The van der Waals surface area contributed by atoms with Gasteiger partial charge in [0, 0.05) is 31.7 Å². The van der Waals surface area contributed by atoms with E-state index in [1.807, 2.05) is 6.92 Å². The number of carbonyl (C=O) groups is 4. The molecule has 0 aromatic heterocycles. The first-order valence-electron chi connectivity index (χ1n) is 9.09. The number of carboxylic acids is 2. The number of aliphatic hydroxyl groups excluding tert-OH is 1. The Labute approximate surface area is 227 Å². The summed E-state index contributed by atoms with van der Waals surface area (Å²) in [7, 11) is 0. The number of ether oxygens (including phenoxy) is 2. The highest BCUT2D eigenvalue weighted by Crippen LogP contribution is 2.30. The molecule has 0 saturated heterocycles. The van der Waals surface area contributed by atoms with Crippen LogP contribution in [-0.2, 0) is 28.7 Å². The number of carbonyl (C=O) groups excluding carboxylic acids is 2. The van der Waals surface area contributed by atoms with Crippen LogP contribution in [-0.4, -0.2) is 63.9 Å². The number of hydrogen-bond donors (Lipinski definition) is 3. The zero-order chi connectivity index (χ0) is 21.9. The zero-order valence-electron chi connectivity index (χ0n) is 16.3. The third-order valence-corrected chi connectivity index (χ3v) is 4.79. The Hall–Kier alpha value is -1.87. The first-order chi connectivity index (χ1) is 13.0. The van der Waals surface area contributed by atoms with Crippen molar-refractivity contribution in [2.45, 2.75) is 117 Å². The topological polar surface area (TPSA) is 147 Å². The monoisotopic (exact) mass is 552 g/mol. The molecule has 0 radical (unpaired) electrons. The van der Waals surface area contributed by atoms with E-state index in [-0.39, 0.29) is 97.3 Å². The summed E-state index contributed by atoms with van der Waals surface area (Å²) < 4.78 is 10.2. The Balaban J connectivity index is -0.000000130. The van der Waals surface area contributed by atoms with E-state index in [1.54, 1.807) is 0 Å². The Bertz CT molecular complexity index is 542. The SMILES string of the molecule is C.C.C.C.C.C.C.C.CCC(Cl)CC(CC(C(=O)OCCCO)C(C(=O)O)C(C)C(=O)O)OC(C)=O. The maximum atomic E-state index is 12.5. The molecule has 0 bridgehead atoms. The molecule has 0 fully saturated rings. The number of aliphatic hydroxyl groups is 1. The van der Waals surface area contributed by atoms with E-state index in [4.69, 9.17) is 26.2 Å². The van der Waals surface area contributed by atoms with Crippen LogP contribution in [0.1, 0.15) is 106 Å². The molecule has 0 aromatic carbocycles. The second kappa shape index (κ2) is 31.2. The van der Waals surface area contributed by atoms with Gasteiger partial charge in [0.1, 0.15) is 6.10 Å². The second-order valence-corrected chi connectivity index (χ2v) is 7.17. The van der Waals surface area contributed by atoms with Crippen LogP contribution in [0.4, 0.5) is 0 Å². The summed E-state index contributed by atoms with van der Waals surface area (Å²) in [6.45, 7) is 3.80. The largest absolute Gasteiger partial charge is 0.481 e. The molecule has 5 unspecified atom stereocenters. The van der Waals surface area contributed by atoms with E-state index in [1.165, 1.54) is 13.8 Å². The van der Waals surface area contributed by atoms with Crippen LogP contribution in [0.3, 0.4) is 0 Å². The van der Waals surface area contributed by atoms with Gasteiger partial charge in [-0.25, -0.2) is 0 Å². The molecule has 3 N–H and O–H groups in total. The van der Waals surface area contributed by atoms with Crippen molar-refractivity contribution in [2.24, 2.45) is 17.8 Å². The van der Waals surface area contributed by atoms with Gasteiger partial charge in [0.05, 0.1) is 24.4 Å². The van der Waals surface area contributed by atoms with Gasteiger partial charge < -0.3 is 24.8 Å². The van der Waals surface area contributed by atoms with Gasteiger partial charge in [-0.15, -0.1) is 11.6 Å². The van der Waals surface area contributed by atoms with Crippen LogP contribution in [0, 0.1) is 17.8 Å². The third-order valence-electron chi connectivity index (χ3n) is 4.31. The van der Waals surface area contributed by atoms with E-state index < -0.39 is 47.7 Å². The molecule has 9 nitrogen and oxygen atoms in total. The van der Waals surface area contributed by atoms with Crippen molar-refractivity contribution in [1.29, 1.82) is 0 Å². The lowest BCUT2D eigenvalue weighted by atomic mass is 9.79. The zero-order valence-corrected chi connectivity index (χ0v) is 17.1. The average Bonchev–Trinajstić information content (AvgIpc) is 2.59. The minimum absolute atomic E-state index is 0. The Morgan fingerprint density at radius 1 is 0.861 bits per heavy atom. The van der Waals surface area contributed by atoms with Crippen LogP contribution in [0.25, 0.3) is 0 Å². The van der Waals surface area contributed by atoms with Crippen molar-refractivity contribution >= 4 is 35.5 Å². The van der Waals surface area contributed by atoms with Crippen LogP contribution in [0.5, 0.6) is 0 Å². The summed E-state index contributed by atoms with van der Waals surface area (Å²) in [6, 6.07) is 0. The standard InChI is InChI=1S/C18H29ClO9.8CH4/c1-4-12(19)8-13(28-11(3)21)9-14(18(26)27-7-5-6-20)15(17(24)25)10(2)16(22)23;;;;;;;;/h10,12-15,20H,4-9H2,1-3H3,(H,22,23)(H,24,25);8*1H4. The van der Waals surface area contributed by atoms with Gasteiger partial charge in [-0.05, 0) is 12.8 Å². The summed E-state index contributed by atoms with van der Waals surface area (Å²) in [5.74, 6) is -8.75. The van der Waals surface area contributed by atoms with Gasteiger partial charge in [0.2, 0.25) is 0 Å². The minimum Gasteiger partial charge on any atom is -0.481 e. The molecular formula is C26H61ClO9. The molecule has 0 saturated carbocycles. The quantitative estimate of drug-likeness (QED) is 0.120. The van der Waals surface area contributed by atoms with Crippen LogP contribution in [0.15, 0.2) is 0 Å². The lowest BCUT2D eigenvalue weighted by Gasteiger charge is -2.29. The molecule has 0 aliphatic carbocycles. The Kier molecular flexibility index (Phi) is 51.3. The van der Waals surface area contributed by atoms with Crippen molar-refractivity contribution < 1.29 is 44.0 Å². The van der Waals surface area contributed by atoms with Crippen LogP contribution >= 0.6 is 11.6 Å².